The molecule has 0 aliphatic rings. The highest BCUT2D eigenvalue weighted by molar-refractivity contribution is 7.18. The van der Waals surface area contributed by atoms with E-state index in [9.17, 15) is 9.59 Å². The number of rotatable bonds is 8. The summed E-state index contributed by atoms with van der Waals surface area (Å²) in [6.45, 7) is 8.20. The van der Waals surface area contributed by atoms with Crippen LogP contribution in [0.15, 0.2) is 48.7 Å². The number of aromatic nitrogens is 1. The zero-order valence-corrected chi connectivity index (χ0v) is 19.3. The van der Waals surface area contributed by atoms with Gasteiger partial charge in [-0.1, -0.05) is 29.8 Å². The van der Waals surface area contributed by atoms with Gasteiger partial charge in [0.25, 0.3) is 11.8 Å². The number of anilines is 2. The number of hydrogen-bond donors (Lipinski definition) is 2. The van der Waals surface area contributed by atoms with Gasteiger partial charge in [-0.15, -0.1) is 11.3 Å². The molecule has 0 unspecified atom stereocenters. The number of aryl methyl sites for hydroxylation is 1. The molecule has 0 radical (unpaired) electrons. The van der Waals surface area contributed by atoms with Gasteiger partial charge in [-0.2, -0.15) is 0 Å². The smallest absolute Gasteiger partial charge is 0.261 e. The Morgan fingerprint density at radius 1 is 1.10 bits per heavy atom. The van der Waals surface area contributed by atoms with Crippen molar-refractivity contribution in [2.45, 2.75) is 27.3 Å². The number of carbonyl (C=O) groups is 2. The van der Waals surface area contributed by atoms with E-state index in [1.165, 1.54) is 11.3 Å². The van der Waals surface area contributed by atoms with Crippen molar-refractivity contribution >= 4 is 45.6 Å². The molecule has 0 saturated heterocycles. The molecule has 2 amide bonds. The van der Waals surface area contributed by atoms with E-state index in [1.54, 1.807) is 36.5 Å². The Morgan fingerprint density at radius 2 is 1.84 bits per heavy atom. The monoisotopic (exact) mass is 456 g/mol. The van der Waals surface area contributed by atoms with Gasteiger partial charge < -0.3 is 15.5 Å². The average Bonchev–Trinajstić information content (AvgIpc) is 3.14. The maximum absolute atomic E-state index is 12.7. The third-order valence-electron chi connectivity index (χ3n) is 4.83. The summed E-state index contributed by atoms with van der Waals surface area (Å²) < 4.78 is 0. The van der Waals surface area contributed by atoms with Gasteiger partial charge in [0, 0.05) is 25.8 Å². The van der Waals surface area contributed by atoms with Crippen LogP contribution in [0.5, 0.6) is 0 Å². The number of hydrogen-bond acceptors (Lipinski definition) is 5. The van der Waals surface area contributed by atoms with Crippen molar-refractivity contribution < 1.29 is 9.59 Å². The summed E-state index contributed by atoms with van der Waals surface area (Å²) >= 11 is 7.32. The highest BCUT2D eigenvalue weighted by atomic mass is 35.5. The van der Waals surface area contributed by atoms with E-state index in [1.807, 2.05) is 19.1 Å². The second-order valence-corrected chi connectivity index (χ2v) is 8.40. The second-order valence-electron chi connectivity index (χ2n) is 6.94. The zero-order chi connectivity index (χ0) is 22.4. The van der Waals surface area contributed by atoms with Gasteiger partial charge in [0.1, 0.15) is 5.82 Å². The number of thiophene rings is 1. The van der Waals surface area contributed by atoms with Crippen molar-refractivity contribution in [3.63, 3.8) is 0 Å². The molecule has 3 aromatic rings. The van der Waals surface area contributed by atoms with Crippen molar-refractivity contribution in [3.8, 4) is 0 Å². The van der Waals surface area contributed by atoms with Gasteiger partial charge in [0.15, 0.2) is 0 Å². The molecule has 0 saturated carbocycles. The molecule has 0 spiro atoms. The molecule has 3 rings (SSSR count). The van der Waals surface area contributed by atoms with Crippen molar-refractivity contribution in [2.24, 2.45) is 0 Å². The van der Waals surface area contributed by atoms with E-state index in [0.717, 1.165) is 30.0 Å². The summed E-state index contributed by atoms with van der Waals surface area (Å²) in [4.78, 5) is 32.3. The van der Waals surface area contributed by atoms with Crippen molar-refractivity contribution in [3.05, 3.63) is 75.3 Å². The molecule has 0 atom stereocenters. The molecule has 0 fully saturated rings. The van der Waals surface area contributed by atoms with E-state index < -0.39 is 0 Å². The summed E-state index contributed by atoms with van der Waals surface area (Å²) in [7, 11) is 0. The molecule has 0 bridgehead atoms. The molecule has 2 N–H and O–H groups in total. The average molecular weight is 457 g/mol. The number of amides is 2. The van der Waals surface area contributed by atoms with Gasteiger partial charge in [-0.25, -0.2) is 4.98 Å². The highest BCUT2D eigenvalue weighted by Gasteiger charge is 2.16. The number of carbonyl (C=O) groups excluding carboxylic acids is 2. The van der Waals surface area contributed by atoms with E-state index in [4.69, 9.17) is 11.6 Å². The fourth-order valence-electron chi connectivity index (χ4n) is 3.11. The number of halogens is 1. The van der Waals surface area contributed by atoms with Gasteiger partial charge >= 0.3 is 0 Å². The van der Waals surface area contributed by atoms with E-state index in [0.29, 0.717) is 27.0 Å². The standard InChI is InChI=1S/C23H25ClN4O2S/c1-4-28(5-2)19-11-10-16(13-25-19)14-26-23(30)21-15(3)12-20(31-21)27-22(29)17-8-6-7-9-18(17)24/h6-13H,4-5,14H2,1-3H3,(H,26,30)(H,27,29). The predicted octanol–water partition coefficient (Wildman–Crippen LogP) is 5.13. The van der Waals surface area contributed by atoms with Crippen LogP contribution in [0.3, 0.4) is 0 Å². The first-order valence-electron chi connectivity index (χ1n) is 10.1. The van der Waals surface area contributed by atoms with Crippen LogP contribution < -0.4 is 15.5 Å². The maximum atomic E-state index is 12.7. The minimum Gasteiger partial charge on any atom is -0.357 e. The molecule has 1 aromatic carbocycles. The molecule has 31 heavy (non-hydrogen) atoms. The predicted molar refractivity (Wildman–Crippen MR) is 127 cm³/mol. The summed E-state index contributed by atoms with van der Waals surface area (Å²) in [6, 6.07) is 12.6. The molecule has 0 aliphatic heterocycles. The third-order valence-corrected chi connectivity index (χ3v) is 6.31. The lowest BCUT2D eigenvalue weighted by Crippen LogP contribution is -2.24. The first-order valence-corrected chi connectivity index (χ1v) is 11.3. The Hall–Kier alpha value is -2.90. The second kappa shape index (κ2) is 10.4. The van der Waals surface area contributed by atoms with Crippen LogP contribution >= 0.6 is 22.9 Å². The van der Waals surface area contributed by atoms with E-state index in [2.05, 4.69) is 34.4 Å². The number of nitrogens with one attached hydrogen (secondary N) is 2. The van der Waals surface area contributed by atoms with Crippen LogP contribution in [0.2, 0.25) is 5.02 Å². The zero-order valence-electron chi connectivity index (χ0n) is 17.7. The van der Waals surface area contributed by atoms with Gasteiger partial charge in [-0.05, 0) is 56.2 Å². The van der Waals surface area contributed by atoms with Crippen LogP contribution in [0.1, 0.15) is 45.0 Å². The quantitative estimate of drug-likeness (QED) is 0.492. The minimum absolute atomic E-state index is 0.187. The Bertz CT molecular complexity index is 1060. The summed E-state index contributed by atoms with van der Waals surface area (Å²) in [6.07, 6.45) is 1.78. The van der Waals surface area contributed by atoms with E-state index in [-0.39, 0.29) is 11.8 Å². The van der Waals surface area contributed by atoms with Crippen molar-refractivity contribution in [2.75, 3.05) is 23.3 Å². The lowest BCUT2D eigenvalue weighted by molar-refractivity contribution is 0.0953. The highest BCUT2D eigenvalue weighted by Crippen LogP contribution is 2.28. The van der Waals surface area contributed by atoms with Crippen LogP contribution in [0.4, 0.5) is 10.8 Å². The summed E-state index contributed by atoms with van der Waals surface area (Å²) in [5, 5.41) is 6.72. The molecular formula is C23H25ClN4O2S. The SMILES string of the molecule is CCN(CC)c1ccc(CNC(=O)c2sc(NC(=O)c3ccccc3Cl)cc2C)cn1. The van der Waals surface area contributed by atoms with Crippen LogP contribution in [0.25, 0.3) is 0 Å². The topological polar surface area (TPSA) is 74.3 Å². The Kier molecular flexibility index (Phi) is 7.65. The minimum atomic E-state index is -0.307. The number of nitrogens with zero attached hydrogens (tertiary/aromatic N) is 2. The first kappa shape index (κ1) is 22.8. The lowest BCUT2D eigenvalue weighted by atomic mass is 10.2. The van der Waals surface area contributed by atoms with Gasteiger partial charge in [0.05, 0.1) is 20.5 Å². The lowest BCUT2D eigenvalue weighted by Gasteiger charge is -2.19. The molecular weight excluding hydrogens is 432 g/mol. The molecule has 162 valence electrons. The van der Waals surface area contributed by atoms with Gasteiger partial charge in [-0.3, -0.25) is 9.59 Å². The summed E-state index contributed by atoms with van der Waals surface area (Å²) in [5.41, 5.74) is 2.11. The van der Waals surface area contributed by atoms with Crippen molar-refractivity contribution in [1.29, 1.82) is 0 Å². The Labute approximate surface area is 191 Å². The maximum Gasteiger partial charge on any atom is 0.261 e. The normalized spacial score (nSPS) is 10.6. The number of benzene rings is 1. The van der Waals surface area contributed by atoms with Crippen LogP contribution in [-0.4, -0.2) is 29.9 Å². The Balaban J connectivity index is 1.62. The van der Waals surface area contributed by atoms with Crippen LogP contribution in [0, 0.1) is 6.92 Å². The number of pyridine rings is 1. The summed E-state index contributed by atoms with van der Waals surface area (Å²) in [5.74, 6) is 0.430. The molecule has 8 heteroatoms. The molecule has 2 heterocycles. The molecule has 0 aliphatic carbocycles. The fourth-order valence-corrected chi connectivity index (χ4v) is 4.32. The van der Waals surface area contributed by atoms with E-state index >= 15 is 0 Å². The van der Waals surface area contributed by atoms with Crippen molar-refractivity contribution in [1.82, 2.24) is 10.3 Å². The van der Waals surface area contributed by atoms with Crippen LogP contribution in [-0.2, 0) is 6.54 Å². The Morgan fingerprint density at radius 3 is 2.48 bits per heavy atom. The fraction of sp³-hybridized carbons (Fsp3) is 0.261. The third kappa shape index (κ3) is 5.62. The molecule has 6 nitrogen and oxygen atoms in total. The first-order chi connectivity index (χ1) is 14.9. The molecule has 2 aromatic heterocycles. The van der Waals surface area contributed by atoms with Gasteiger partial charge in [0.2, 0.25) is 0 Å². The largest absolute Gasteiger partial charge is 0.357 e.